The zero-order valence-corrected chi connectivity index (χ0v) is 13.8. The van der Waals surface area contributed by atoms with Gasteiger partial charge in [-0.3, -0.25) is 9.59 Å². The molecule has 0 saturated carbocycles. The van der Waals surface area contributed by atoms with E-state index in [1.807, 2.05) is 49.3 Å². The lowest BCUT2D eigenvalue weighted by molar-refractivity contribution is 0.0930. The summed E-state index contributed by atoms with van der Waals surface area (Å²) in [5.74, 6) is -0.217. The Morgan fingerprint density at radius 2 is 1.91 bits per heavy atom. The summed E-state index contributed by atoms with van der Waals surface area (Å²) >= 11 is 0. The van der Waals surface area contributed by atoms with Gasteiger partial charge in [0.1, 0.15) is 0 Å². The van der Waals surface area contributed by atoms with Crippen molar-refractivity contribution in [2.45, 2.75) is 12.5 Å². The van der Waals surface area contributed by atoms with Crippen molar-refractivity contribution < 1.29 is 4.79 Å². The molecule has 5 nitrogen and oxygen atoms in total. The molecule has 0 saturated heterocycles. The molecule has 0 aliphatic rings. The van der Waals surface area contributed by atoms with E-state index in [4.69, 9.17) is 0 Å². The van der Waals surface area contributed by atoms with E-state index in [9.17, 15) is 9.59 Å². The summed E-state index contributed by atoms with van der Waals surface area (Å²) in [6.45, 7) is 0.728. The van der Waals surface area contributed by atoms with Crippen LogP contribution in [0.4, 0.5) is 0 Å². The van der Waals surface area contributed by atoms with Crippen LogP contribution >= 0.6 is 0 Å². The van der Waals surface area contributed by atoms with Crippen molar-refractivity contribution in [2.75, 3.05) is 20.6 Å². The van der Waals surface area contributed by atoms with Gasteiger partial charge in [0.05, 0.1) is 0 Å². The van der Waals surface area contributed by atoms with Crippen molar-refractivity contribution in [2.24, 2.45) is 7.05 Å². The molecule has 23 heavy (non-hydrogen) atoms. The number of carbonyl (C=O) groups is 1. The molecule has 0 unspecified atom stereocenters. The van der Waals surface area contributed by atoms with Crippen LogP contribution in [0.5, 0.6) is 0 Å². The molecular weight excluding hydrogens is 290 g/mol. The highest BCUT2D eigenvalue weighted by Gasteiger charge is 2.16. The fraction of sp³-hybridized carbons (Fsp3) is 0.333. The van der Waals surface area contributed by atoms with E-state index in [2.05, 4.69) is 5.32 Å². The Morgan fingerprint density at radius 1 is 1.22 bits per heavy atom. The molecule has 122 valence electrons. The van der Waals surface area contributed by atoms with Crippen LogP contribution in [0.2, 0.25) is 0 Å². The van der Waals surface area contributed by atoms with Gasteiger partial charge in [0.15, 0.2) is 0 Å². The highest BCUT2D eigenvalue weighted by molar-refractivity contribution is 5.94. The van der Waals surface area contributed by atoms with E-state index in [0.717, 1.165) is 13.0 Å². The SMILES string of the molecule is CN(C)C[C@H](Cc1ccccc1)NC(=O)c1ccn(C)c(=O)c1. The zero-order valence-electron chi connectivity index (χ0n) is 13.8. The molecule has 0 spiro atoms. The summed E-state index contributed by atoms with van der Waals surface area (Å²) in [5, 5.41) is 3.03. The number of nitrogens with one attached hydrogen (secondary N) is 1. The Hall–Kier alpha value is -2.40. The molecule has 1 amide bonds. The first-order chi connectivity index (χ1) is 11.0. The Bertz CT molecular complexity index is 708. The lowest BCUT2D eigenvalue weighted by Crippen LogP contribution is -2.43. The maximum Gasteiger partial charge on any atom is 0.251 e. The quantitative estimate of drug-likeness (QED) is 0.874. The number of benzene rings is 1. The third-order valence-corrected chi connectivity index (χ3v) is 3.61. The van der Waals surface area contributed by atoms with Crippen LogP contribution in [0.15, 0.2) is 53.5 Å². The number of aryl methyl sites for hydroxylation is 1. The third-order valence-electron chi connectivity index (χ3n) is 3.61. The average molecular weight is 313 g/mol. The first-order valence-electron chi connectivity index (χ1n) is 7.62. The summed E-state index contributed by atoms with van der Waals surface area (Å²) < 4.78 is 1.44. The highest BCUT2D eigenvalue weighted by atomic mass is 16.2. The zero-order chi connectivity index (χ0) is 16.8. The number of rotatable bonds is 6. The number of aromatic nitrogens is 1. The number of hydrogen-bond acceptors (Lipinski definition) is 3. The van der Waals surface area contributed by atoms with Gasteiger partial charge in [-0.1, -0.05) is 30.3 Å². The molecule has 0 fully saturated rings. The van der Waals surface area contributed by atoms with E-state index in [1.54, 1.807) is 19.3 Å². The normalized spacial score (nSPS) is 12.2. The summed E-state index contributed by atoms with van der Waals surface area (Å²) in [4.78, 5) is 26.1. The lowest BCUT2D eigenvalue weighted by atomic mass is 10.1. The van der Waals surface area contributed by atoms with Gasteiger partial charge in [-0.15, -0.1) is 0 Å². The smallest absolute Gasteiger partial charge is 0.251 e. The summed E-state index contributed by atoms with van der Waals surface area (Å²) in [5.41, 5.74) is 1.37. The minimum absolute atomic E-state index is 0.0241. The van der Waals surface area contributed by atoms with Crippen molar-refractivity contribution in [1.29, 1.82) is 0 Å². The molecule has 0 aliphatic heterocycles. The maximum absolute atomic E-state index is 12.4. The van der Waals surface area contributed by atoms with Crippen molar-refractivity contribution in [3.8, 4) is 0 Å². The second kappa shape index (κ2) is 7.74. The predicted molar refractivity (Wildman–Crippen MR) is 91.6 cm³/mol. The van der Waals surface area contributed by atoms with Crippen molar-refractivity contribution in [3.63, 3.8) is 0 Å². The summed E-state index contributed by atoms with van der Waals surface area (Å²) in [6, 6.07) is 13.1. The number of carbonyl (C=O) groups excluding carboxylic acids is 1. The lowest BCUT2D eigenvalue weighted by Gasteiger charge is -2.22. The molecule has 0 bridgehead atoms. The Morgan fingerprint density at radius 3 is 2.52 bits per heavy atom. The van der Waals surface area contributed by atoms with Crippen LogP contribution in [-0.4, -0.2) is 42.1 Å². The number of likely N-dealkylation sites (N-methyl/N-ethyl adjacent to an activating group) is 1. The van der Waals surface area contributed by atoms with Gasteiger partial charge in [0.25, 0.3) is 11.5 Å². The molecule has 0 radical (unpaired) electrons. The fourth-order valence-electron chi connectivity index (χ4n) is 2.46. The van der Waals surface area contributed by atoms with Gasteiger partial charge in [-0.2, -0.15) is 0 Å². The average Bonchev–Trinajstić information content (AvgIpc) is 2.50. The van der Waals surface area contributed by atoms with E-state index >= 15 is 0 Å². The molecule has 1 N–H and O–H groups in total. The summed E-state index contributed by atoms with van der Waals surface area (Å²) in [6.07, 6.45) is 2.35. The van der Waals surface area contributed by atoms with Crippen molar-refractivity contribution in [3.05, 3.63) is 70.1 Å². The number of hydrogen-bond donors (Lipinski definition) is 1. The van der Waals surface area contributed by atoms with Crippen molar-refractivity contribution in [1.82, 2.24) is 14.8 Å². The van der Waals surface area contributed by atoms with Crippen LogP contribution in [0.3, 0.4) is 0 Å². The largest absolute Gasteiger partial charge is 0.348 e. The monoisotopic (exact) mass is 313 g/mol. The van der Waals surface area contributed by atoms with Gasteiger partial charge in [0.2, 0.25) is 0 Å². The maximum atomic E-state index is 12.4. The molecule has 1 aromatic heterocycles. The standard InChI is InChI=1S/C18H23N3O2/c1-20(2)13-16(11-14-7-5-4-6-8-14)19-18(23)15-9-10-21(3)17(22)12-15/h4-10,12,16H,11,13H2,1-3H3,(H,19,23)/t16-/m0/s1. The van der Waals surface area contributed by atoms with E-state index in [-0.39, 0.29) is 17.5 Å². The first-order valence-corrected chi connectivity index (χ1v) is 7.62. The predicted octanol–water partition coefficient (Wildman–Crippen LogP) is 1.29. The molecule has 1 heterocycles. The van der Waals surface area contributed by atoms with Crippen LogP contribution in [0, 0.1) is 0 Å². The van der Waals surface area contributed by atoms with E-state index in [1.165, 1.54) is 16.2 Å². The minimum Gasteiger partial charge on any atom is -0.348 e. The molecule has 1 atom stereocenters. The fourth-order valence-corrected chi connectivity index (χ4v) is 2.46. The topological polar surface area (TPSA) is 54.3 Å². The highest BCUT2D eigenvalue weighted by Crippen LogP contribution is 2.05. The molecule has 2 rings (SSSR count). The van der Waals surface area contributed by atoms with Crippen LogP contribution in [0.1, 0.15) is 15.9 Å². The van der Waals surface area contributed by atoms with Crippen LogP contribution < -0.4 is 10.9 Å². The Labute approximate surface area is 136 Å². The van der Waals surface area contributed by atoms with Crippen LogP contribution in [0.25, 0.3) is 0 Å². The Kier molecular flexibility index (Phi) is 5.71. The van der Waals surface area contributed by atoms with Crippen LogP contribution in [-0.2, 0) is 13.5 Å². The number of amides is 1. The van der Waals surface area contributed by atoms with Gasteiger partial charge < -0.3 is 14.8 Å². The Balaban J connectivity index is 2.11. The second-order valence-corrected chi connectivity index (χ2v) is 5.99. The molecular formula is C18H23N3O2. The van der Waals surface area contributed by atoms with Crippen molar-refractivity contribution >= 4 is 5.91 Å². The first kappa shape index (κ1) is 17.0. The van der Waals surface area contributed by atoms with E-state index < -0.39 is 0 Å². The van der Waals surface area contributed by atoms with Gasteiger partial charge in [-0.25, -0.2) is 0 Å². The molecule has 1 aromatic carbocycles. The van der Waals surface area contributed by atoms with Gasteiger partial charge >= 0.3 is 0 Å². The third kappa shape index (κ3) is 5.07. The molecule has 0 aliphatic carbocycles. The molecule has 5 heteroatoms. The number of pyridine rings is 1. The number of nitrogens with zero attached hydrogens (tertiary/aromatic N) is 2. The van der Waals surface area contributed by atoms with Gasteiger partial charge in [0, 0.05) is 37.5 Å². The molecule has 2 aromatic rings. The summed E-state index contributed by atoms with van der Waals surface area (Å²) in [7, 11) is 5.61. The minimum atomic E-state index is -0.217. The van der Waals surface area contributed by atoms with E-state index in [0.29, 0.717) is 5.56 Å². The second-order valence-electron chi connectivity index (χ2n) is 5.99. The van der Waals surface area contributed by atoms with Gasteiger partial charge in [-0.05, 0) is 32.1 Å².